The molecule has 0 aliphatic carbocycles. The largest absolute Gasteiger partial charge is 0.756 e. The fourth-order valence-electron chi connectivity index (χ4n) is 10.1. The van der Waals surface area contributed by atoms with Crippen molar-refractivity contribution in [2.75, 3.05) is 47.5 Å². The van der Waals surface area contributed by atoms with Gasteiger partial charge in [0, 0.05) is 12.8 Å². The summed E-state index contributed by atoms with van der Waals surface area (Å²) in [5.74, 6) is -0.814. The molecule has 10 heteroatoms. The van der Waals surface area contributed by atoms with Gasteiger partial charge in [-0.1, -0.05) is 309 Å². The molecule has 76 heavy (non-hydrogen) atoms. The van der Waals surface area contributed by atoms with Crippen molar-refractivity contribution < 1.29 is 42.1 Å². The molecule has 2 atom stereocenters. The van der Waals surface area contributed by atoms with E-state index in [4.69, 9.17) is 18.5 Å². The first-order chi connectivity index (χ1) is 37.0. The molecule has 0 aliphatic rings. The maximum Gasteiger partial charge on any atom is 0.306 e. The van der Waals surface area contributed by atoms with Gasteiger partial charge in [0.1, 0.15) is 19.8 Å². The Kier molecular flexibility index (Phi) is 57.4. The molecule has 0 amide bonds. The second-order valence-electron chi connectivity index (χ2n) is 24.2. The molecule has 0 spiro atoms. The normalized spacial score (nSPS) is 13.2. The van der Waals surface area contributed by atoms with Crippen LogP contribution in [0.2, 0.25) is 0 Å². The van der Waals surface area contributed by atoms with E-state index < -0.39 is 26.5 Å². The molecule has 0 aromatic heterocycles. The van der Waals surface area contributed by atoms with Crippen LogP contribution in [0.25, 0.3) is 0 Å². The lowest BCUT2D eigenvalue weighted by atomic mass is 10.0. The van der Waals surface area contributed by atoms with Crippen molar-refractivity contribution in [3.63, 3.8) is 0 Å². The van der Waals surface area contributed by atoms with Crippen LogP contribution in [0.5, 0.6) is 0 Å². The van der Waals surface area contributed by atoms with E-state index in [1.54, 1.807) is 0 Å². The fraction of sp³-hybridized carbons (Fsp3) is 0.939. The van der Waals surface area contributed by atoms with Crippen LogP contribution in [-0.2, 0) is 32.7 Å². The van der Waals surface area contributed by atoms with Crippen molar-refractivity contribution in [1.29, 1.82) is 0 Å². The summed E-state index contributed by atoms with van der Waals surface area (Å²) in [5, 5.41) is 0. The average molecular weight is 1100 g/mol. The summed E-state index contributed by atoms with van der Waals surface area (Å²) in [5.41, 5.74) is 0. The van der Waals surface area contributed by atoms with Crippen LogP contribution in [0.1, 0.15) is 348 Å². The maximum atomic E-state index is 12.8. The third kappa shape index (κ3) is 62.0. The SMILES string of the molecule is CCCCCCCC/C=C\CCCCCCCCCCCC(=O)OC(COC(=O)CCCCCCCCCCCCCCCCCCCCCCCCCCCCCCCCCCC)COP(=O)([O-])OCC[N+](C)(C)C. The molecule has 0 saturated heterocycles. The van der Waals surface area contributed by atoms with Crippen LogP contribution in [-0.4, -0.2) is 70.0 Å². The molecule has 2 unspecified atom stereocenters. The Morgan fingerprint density at radius 1 is 0.395 bits per heavy atom. The molecule has 0 saturated carbocycles. The highest BCUT2D eigenvalue weighted by atomic mass is 31.2. The second kappa shape index (κ2) is 58.4. The van der Waals surface area contributed by atoms with Crippen LogP contribution in [0, 0.1) is 0 Å². The van der Waals surface area contributed by atoms with E-state index in [-0.39, 0.29) is 32.0 Å². The minimum atomic E-state index is -4.63. The standard InChI is InChI=1S/C66H130NO8P/c1-6-8-10-12-14-16-18-20-22-24-26-27-28-29-30-31-32-33-34-35-36-37-38-39-41-42-44-46-48-50-52-54-56-58-65(68)72-62-64(63-74-76(70,71)73-61-60-67(3,4)5)75-66(69)59-57-55-53-51-49-47-45-43-40-25-23-21-19-17-15-13-11-9-7-2/h21,23,64H,6-20,22,24-63H2,1-5H3/b23-21-. The molecule has 0 aromatic carbocycles. The van der Waals surface area contributed by atoms with Crippen LogP contribution in [0.3, 0.4) is 0 Å². The molecule has 452 valence electrons. The van der Waals surface area contributed by atoms with Crippen molar-refractivity contribution >= 4 is 19.8 Å². The third-order valence-electron chi connectivity index (χ3n) is 15.3. The molecular formula is C66H130NO8P. The topological polar surface area (TPSA) is 111 Å². The lowest BCUT2D eigenvalue weighted by Gasteiger charge is -2.28. The van der Waals surface area contributed by atoms with Gasteiger partial charge in [0.2, 0.25) is 0 Å². The van der Waals surface area contributed by atoms with Gasteiger partial charge in [0.05, 0.1) is 27.7 Å². The van der Waals surface area contributed by atoms with Gasteiger partial charge in [-0.3, -0.25) is 14.2 Å². The van der Waals surface area contributed by atoms with Crippen LogP contribution < -0.4 is 4.89 Å². The van der Waals surface area contributed by atoms with Gasteiger partial charge < -0.3 is 27.9 Å². The molecule has 0 N–H and O–H groups in total. The second-order valence-corrected chi connectivity index (χ2v) is 25.6. The number of phosphoric acid groups is 1. The highest BCUT2D eigenvalue weighted by molar-refractivity contribution is 7.45. The molecule has 0 fully saturated rings. The number of hydrogen-bond donors (Lipinski definition) is 0. The number of esters is 2. The number of hydrogen-bond acceptors (Lipinski definition) is 8. The quantitative estimate of drug-likeness (QED) is 0.0195. The smallest absolute Gasteiger partial charge is 0.306 e. The van der Waals surface area contributed by atoms with E-state index in [1.807, 2.05) is 21.1 Å². The molecule has 0 aromatic rings. The lowest BCUT2D eigenvalue weighted by molar-refractivity contribution is -0.870. The predicted octanol–water partition coefficient (Wildman–Crippen LogP) is 20.5. The summed E-state index contributed by atoms with van der Waals surface area (Å²) in [6.07, 6.45) is 70.1. The first-order valence-corrected chi connectivity index (χ1v) is 34.9. The molecule has 0 bridgehead atoms. The maximum absolute atomic E-state index is 12.8. The van der Waals surface area contributed by atoms with E-state index >= 15 is 0 Å². The highest BCUT2D eigenvalue weighted by Gasteiger charge is 2.22. The number of carbonyl (C=O) groups excluding carboxylic acids is 2. The van der Waals surface area contributed by atoms with Crippen LogP contribution in [0.4, 0.5) is 0 Å². The zero-order chi connectivity index (χ0) is 55.6. The fourth-order valence-corrected chi connectivity index (χ4v) is 10.9. The molecule has 0 aliphatic heterocycles. The summed E-state index contributed by atoms with van der Waals surface area (Å²) in [7, 11) is 1.19. The summed E-state index contributed by atoms with van der Waals surface area (Å²) in [6.45, 7) is 4.30. The Bertz CT molecular complexity index is 1290. The van der Waals surface area contributed by atoms with Crippen molar-refractivity contribution in [3.8, 4) is 0 Å². The van der Waals surface area contributed by atoms with E-state index in [1.165, 1.54) is 276 Å². The lowest BCUT2D eigenvalue weighted by Crippen LogP contribution is -2.37. The van der Waals surface area contributed by atoms with Crippen molar-refractivity contribution in [2.45, 2.75) is 354 Å². The van der Waals surface area contributed by atoms with E-state index in [2.05, 4.69) is 26.0 Å². The van der Waals surface area contributed by atoms with Gasteiger partial charge in [0.25, 0.3) is 7.82 Å². The highest BCUT2D eigenvalue weighted by Crippen LogP contribution is 2.38. The molecule has 0 rings (SSSR count). The Labute approximate surface area is 473 Å². The van der Waals surface area contributed by atoms with Gasteiger partial charge in [-0.15, -0.1) is 0 Å². The first kappa shape index (κ1) is 74.8. The van der Waals surface area contributed by atoms with Gasteiger partial charge in [-0.25, -0.2) is 0 Å². The minimum Gasteiger partial charge on any atom is -0.756 e. The zero-order valence-corrected chi connectivity index (χ0v) is 52.4. The van der Waals surface area contributed by atoms with E-state index in [9.17, 15) is 19.0 Å². The van der Waals surface area contributed by atoms with Crippen molar-refractivity contribution in [1.82, 2.24) is 0 Å². The number of rotatable bonds is 63. The summed E-state index contributed by atoms with van der Waals surface area (Å²) >= 11 is 0. The first-order valence-electron chi connectivity index (χ1n) is 33.4. The van der Waals surface area contributed by atoms with Crippen LogP contribution >= 0.6 is 7.82 Å². The molecular weight excluding hydrogens is 966 g/mol. The van der Waals surface area contributed by atoms with E-state index in [0.29, 0.717) is 17.4 Å². The number of unbranched alkanes of at least 4 members (excludes halogenated alkanes) is 47. The minimum absolute atomic E-state index is 0.0273. The number of allylic oxidation sites excluding steroid dienone is 2. The Morgan fingerprint density at radius 2 is 0.671 bits per heavy atom. The van der Waals surface area contributed by atoms with Gasteiger partial charge in [-0.2, -0.15) is 0 Å². The van der Waals surface area contributed by atoms with Crippen molar-refractivity contribution in [2.24, 2.45) is 0 Å². The monoisotopic (exact) mass is 1100 g/mol. The zero-order valence-electron chi connectivity index (χ0n) is 51.5. The average Bonchev–Trinajstić information content (AvgIpc) is 3.38. The number of phosphoric ester groups is 1. The van der Waals surface area contributed by atoms with Gasteiger partial charge >= 0.3 is 11.9 Å². The Hall–Kier alpha value is -1.25. The Balaban J connectivity index is 3.95. The number of carbonyl (C=O) groups is 2. The van der Waals surface area contributed by atoms with E-state index in [0.717, 1.165) is 38.5 Å². The van der Waals surface area contributed by atoms with Gasteiger partial charge in [-0.05, 0) is 38.5 Å². The summed E-state index contributed by atoms with van der Waals surface area (Å²) in [6, 6.07) is 0. The van der Waals surface area contributed by atoms with Crippen LogP contribution in [0.15, 0.2) is 12.2 Å². The number of ether oxygens (including phenoxy) is 2. The molecule has 0 heterocycles. The molecule has 9 nitrogen and oxygen atoms in total. The Morgan fingerprint density at radius 3 is 0.974 bits per heavy atom. The predicted molar refractivity (Wildman–Crippen MR) is 324 cm³/mol. The third-order valence-corrected chi connectivity index (χ3v) is 16.2. The summed E-state index contributed by atoms with van der Waals surface area (Å²) < 4.78 is 34.2. The summed E-state index contributed by atoms with van der Waals surface area (Å²) in [4.78, 5) is 37.9. The number of nitrogens with zero attached hydrogens (tertiary/aromatic N) is 1. The van der Waals surface area contributed by atoms with Gasteiger partial charge in [0.15, 0.2) is 6.10 Å². The van der Waals surface area contributed by atoms with Crippen molar-refractivity contribution in [3.05, 3.63) is 12.2 Å². The molecule has 0 radical (unpaired) electrons. The number of quaternary nitrogens is 1. The number of likely N-dealkylation sites (N-methyl/N-ethyl adjacent to an activating group) is 1.